The van der Waals surface area contributed by atoms with Crippen molar-refractivity contribution in [3.8, 4) is 11.5 Å². The predicted octanol–water partition coefficient (Wildman–Crippen LogP) is 2.82. The van der Waals surface area contributed by atoms with Crippen molar-refractivity contribution in [3.63, 3.8) is 0 Å². The average molecular weight is 242 g/mol. The topological polar surface area (TPSA) is 29.5 Å². The molecule has 0 saturated heterocycles. The Morgan fingerprint density at radius 2 is 1.94 bits per heavy atom. The number of methoxy groups -OCH3 is 1. The van der Waals surface area contributed by atoms with Gasteiger partial charge >= 0.3 is 0 Å². The Morgan fingerprint density at radius 3 is 2.31 bits per heavy atom. The molecule has 0 aliphatic rings. The third-order valence-corrected chi connectivity index (χ3v) is 3.55. The van der Waals surface area contributed by atoms with Crippen LogP contribution >= 0.6 is 0 Å². The lowest BCUT2D eigenvalue weighted by Gasteiger charge is -2.30. The molecule has 3 heteroatoms. The van der Waals surface area contributed by atoms with Crippen molar-refractivity contribution < 1.29 is 9.84 Å². The largest absolute Gasteiger partial charge is 0.377 e. The lowest BCUT2D eigenvalue weighted by atomic mass is 9.93. The number of aliphatic hydroxyl groups is 1. The summed E-state index contributed by atoms with van der Waals surface area (Å²) in [6.07, 6.45) is 2.32. The van der Waals surface area contributed by atoms with E-state index in [1.807, 2.05) is 6.92 Å². The minimum absolute atomic E-state index is 0.525. The molecule has 0 bridgehead atoms. The lowest BCUT2D eigenvalue weighted by Crippen LogP contribution is -2.40. The van der Waals surface area contributed by atoms with Crippen LogP contribution < -0.4 is 0 Å². The predicted molar refractivity (Wildman–Crippen MR) is 72.1 cm³/mol. The van der Waals surface area contributed by atoms with Crippen LogP contribution in [0.5, 0.6) is 0 Å². The standard InChI is InChI=1S/C13H26O2Si/c1-7-8-10-13(2,15-3)12(14)9-11-16(4,5)6/h12,14H,7-8,10H2,1-6H3. The van der Waals surface area contributed by atoms with Gasteiger partial charge in [0.2, 0.25) is 0 Å². The second-order valence-corrected chi connectivity index (χ2v) is 10.3. The summed E-state index contributed by atoms with van der Waals surface area (Å²) < 4.78 is 5.43. The summed E-state index contributed by atoms with van der Waals surface area (Å²) in [5.74, 6) is 2.97. The van der Waals surface area contributed by atoms with Crippen molar-refractivity contribution >= 4 is 8.07 Å². The smallest absolute Gasteiger partial charge is 0.142 e. The molecular weight excluding hydrogens is 216 g/mol. The first-order chi connectivity index (χ1) is 7.25. The number of hydrogen-bond donors (Lipinski definition) is 1. The van der Waals surface area contributed by atoms with Gasteiger partial charge in [-0.25, -0.2) is 0 Å². The fourth-order valence-electron chi connectivity index (χ4n) is 1.32. The van der Waals surface area contributed by atoms with E-state index in [2.05, 4.69) is 38.0 Å². The van der Waals surface area contributed by atoms with Crippen molar-refractivity contribution in [1.29, 1.82) is 0 Å². The van der Waals surface area contributed by atoms with Gasteiger partial charge in [-0.05, 0) is 13.3 Å². The molecule has 1 N–H and O–H groups in total. The molecule has 0 fully saturated rings. The van der Waals surface area contributed by atoms with Crippen molar-refractivity contribution in [2.75, 3.05) is 7.11 Å². The van der Waals surface area contributed by atoms with Crippen LogP contribution in [0.2, 0.25) is 19.6 Å². The SMILES string of the molecule is CCCCC(C)(OC)C(O)C#C[Si](C)(C)C. The zero-order valence-corrected chi connectivity index (χ0v) is 12.6. The Labute approximate surface area is 101 Å². The van der Waals surface area contributed by atoms with Gasteiger partial charge in [0.25, 0.3) is 0 Å². The van der Waals surface area contributed by atoms with E-state index in [0.717, 1.165) is 19.3 Å². The lowest BCUT2D eigenvalue weighted by molar-refractivity contribution is -0.0725. The molecule has 0 aromatic carbocycles. The van der Waals surface area contributed by atoms with E-state index in [-0.39, 0.29) is 0 Å². The molecule has 2 atom stereocenters. The van der Waals surface area contributed by atoms with E-state index in [1.165, 1.54) is 0 Å². The molecule has 0 rings (SSSR count). The van der Waals surface area contributed by atoms with Gasteiger partial charge in [-0.1, -0.05) is 45.3 Å². The average Bonchev–Trinajstić information content (AvgIpc) is 2.21. The van der Waals surface area contributed by atoms with Gasteiger partial charge < -0.3 is 9.84 Å². The Hall–Kier alpha value is -0.303. The zero-order chi connectivity index (χ0) is 12.8. The highest BCUT2D eigenvalue weighted by Crippen LogP contribution is 2.22. The molecule has 0 aromatic heterocycles. The molecule has 0 saturated carbocycles. The van der Waals surface area contributed by atoms with Gasteiger partial charge in [0, 0.05) is 7.11 Å². The van der Waals surface area contributed by atoms with Crippen LogP contribution in [-0.4, -0.2) is 32.0 Å². The number of unbranched alkanes of at least 4 members (excludes halogenated alkanes) is 1. The summed E-state index contributed by atoms with van der Waals surface area (Å²) in [6, 6.07) is 0. The van der Waals surface area contributed by atoms with Crippen LogP contribution in [0.4, 0.5) is 0 Å². The van der Waals surface area contributed by atoms with Gasteiger partial charge in [0.15, 0.2) is 0 Å². The minimum atomic E-state index is -1.42. The first kappa shape index (κ1) is 15.7. The first-order valence-corrected chi connectivity index (χ1v) is 9.51. The molecule has 0 heterocycles. The van der Waals surface area contributed by atoms with E-state index in [4.69, 9.17) is 4.74 Å². The van der Waals surface area contributed by atoms with E-state index >= 15 is 0 Å². The van der Waals surface area contributed by atoms with Crippen molar-refractivity contribution in [2.24, 2.45) is 0 Å². The number of aliphatic hydroxyl groups excluding tert-OH is 1. The normalized spacial score (nSPS) is 17.2. The summed E-state index contributed by atoms with van der Waals surface area (Å²) in [5.41, 5.74) is 2.67. The maximum absolute atomic E-state index is 10.1. The quantitative estimate of drug-likeness (QED) is 0.593. The van der Waals surface area contributed by atoms with Crippen LogP contribution in [0, 0.1) is 11.5 Å². The fraction of sp³-hybridized carbons (Fsp3) is 0.846. The maximum Gasteiger partial charge on any atom is 0.142 e. The fourth-order valence-corrected chi connectivity index (χ4v) is 1.89. The summed E-state index contributed by atoms with van der Waals surface area (Å²) in [5, 5.41) is 10.1. The van der Waals surface area contributed by atoms with Gasteiger partial charge in [-0.15, -0.1) is 5.54 Å². The summed E-state index contributed by atoms with van der Waals surface area (Å²) in [6.45, 7) is 10.6. The number of rotatable bonds is 5. The van der Waals surface area contributed by atoms with Gasteiger partial charge in [0.05, 0.1) is 0 Å². The molecule has 16 heavy (non-hydrogen) atoms. The van der Waals surface area contributed by atoms with Crippen molar-refractivity contribution in [3.05, 3.63) is 0 Å². The Bertz CT molecular complexity index is 259. The highest BCUT2D eigenvalue weighted by Gasteiger charge is 2.31. The van der Waals surface area contributed by atoms with E-state index in [1.54, 1.807) is 7.11 Å². The van der Waals surface area contributed by atoms with E-state index in [0.29, 0.717) is 0 Å². The molecule has 2 nitrogen and oxygen atoms in total. The van der Waals surface area contributed by atoms with Crippen LogP contribution in [0.25, 0.3) is 0 Å². The zero-order valence-electron chi connectivity index (χ0n) is 11.6. The Morgan fingerprint density at radius 1 is 1.38 bits per heavy atom. The molecule has 0 aromatic rings. The summed E-state index contributed by atoms with van der Waals surface area (Å²) in [7, 11) is 0.228. The van der Waals surface area contributed by atoms with Crippen LogP contribution in [0.3, 0.4) is 0 Å². The van der Waals surface area contributed by atoms with Crippen LogP contribution in [0.1, 0.15) is 33.1 Å². The minimum Gasteiger partial charge on any atom is -0.377 e. The number of ether oxygens (including phenoxy) is 1. The molecule has 0 aliphatic heterocycles. The van der Waals surface area contributed by atoms with Crippen molar-refractivity contribution in [2.45, 2.75) is 64.5 Å². The van der Waals surface area contributed by atoms with Gasteiger partial charge in [0.1, 0.15) is 19.8 Å². The molecule has 94 valence electrons. The van der Waals surface area contributed by atoms with E-state index < -0.39 is 19.8 Å². The monoisotopic (exact) mass is 242 g/mol. The van der Waals surface area contributed by atoms with Crippen molar-refractivity contribution in [1.82, 2.24) is 0 Å². The Balaban J connectivity index is 4.62. The third-order valence-electron chi connectivity index (χ3n) is 2.66. The highest BCUT2D eigenvalue weighted by molar-refractivity contribution is 6.83. The second kappa shape index (κ2) is 6.44. The molecular formula is C13H26O2Si. The number of hydrogen-bond acceptors (Lipinski definition) is 2. The Kier molecular flexibility index (Phi) is 6.31. The second-order valence-electron chi connectivity index (χ2n) is 5.54. The van der Waals surface area contributed by atoms with E-state index in [9.17, 15) is 5.11 Å². The third kappa shape index (κ3) is 5.69. The van der Waals surface area contributed by atoms with Crippen LogP contribution in [0.15, 0.2) is 0 Å². The summed E-state index contributed by atoms with van der Waals surface area (Å²) in [4.78, 5) is 0. The van der Waals surface area contributed by atoms with Gasteiger partial charge in [-0.2, -0.15) is 0 Å². The molecule has 0 amide bonds. The first-order valence-electron chi connectivity index (χ1n) is 6.01. The highest BCUT2D eigenvalue weighted by atomic mass is 28.3. The van der Waals surface area contributed by atoms with Gasteiger partial charge in [-0.3, -0.25) is 0 Å². The summed E-state index contributed by atoms with van der Waals surface area (Å²) >= 11 is 0. The molecule has 0 radical (unpaired) electrons. The van der Waals surface area contributed by atoms with Crippen LogP contribution in [-0.2, 0) is 4.74 Å². The maximum atomic E-state index is 10.1. The molecule has 0 spiro atoms. The molecule has 2 unspecified atom stereocenters. The molecule has 0 aliphatic carbocycles.